The number of nitrogens with zero attached hydrogens (tertiary/aromatic N) is 2. The van der Waals surface area contributed by atoms with Gasteiger partial charge in [0.2, 0.25) is 10.0 Å². The number of rotatable bonds is 5. The predicted octanol–water partition coefficient (Wildman–Crippen LogP) is 4.46. The van der Waals surface area contributed by atoms with Crippen LogP contribution in [0.2, 0.25) is 0 Å². The first kappa shape index (κ1) is 20.7. The number of nitrogens with one attached hydrogen (secondary N) is 1. The molecule has 1 aromatic heterocycles. The van der Waals surface area contributed by atoms with E-state index in [1.807, 2.05) is 30.5 Å². The van der Waals surface area contributed by atoms with Gasteiger partial charge in [0, 0.05) is 35.3 Å². The molecule has 1 fully saturated rings. The molecule has 0 saturated carbocycles. The number of amides is 1. The third-order valence-corrected chi connectivity index (χ3v) is 7.86. The third-order valence-electron chi connectivity index (χ3n) is 5.19. The van der Waals surface area contributed by atoms with Gasteiger partial charge in [-0.05, 0) is 56.5 Å². The van der Waals surface area contributed by atoms with E-state index in [0.717, 1.165) is 34.7 Å². The van der Waals surface area contributed by atoms with Gasteiger partial charge in [0.25, 0.3) is 5.91 Å². The average Bonchev–Trinajstić information content (AvgIpc) is 3.40. The van der Waals surface area contributed by atoms with Crippen molar-refractivity contribution < 1.29 is 13.2 Å². The summed E-state index contributed by atoms with van der Waals surface area (Å²) in [5, 5.41) is 5.85. The van der Waals surface area contributed by atoms with Gasteiger partial charge in [-0.1, -0.05) is 18.2 Å². The molecular formula is C22H23N3O3S2. The number of aromatic nitrogens is 1. The Kier molecular flexibility index (Phi) is 5.73. The molecule has 0 spiro atoms. The fraction of sp³-hybridized carbons (Fsp3) is 0.273. The Morgan fingerprint density at radius 3 is 2.57 bits per heavy atom. The van der Waals surface area contributed by atoms with E-state index in [9.17, 15) is 13.2 Å². The molecule has 156 valence electrons. The molecule has 1 aliphatic heterocycles. The van der Waals surface area contributed by atoms with Crippen molar-refractivity contribution in [2.24, 2.45) is 0 Å². The molecule has 0 unspecified atom stereocenters. The summed E-state index contributed by atoms with van der Waals surface area (Å²) in [6.45, 7) is 4.81. The zero-order valence-corrected chi connectivity index (χ0v) is 18.5. The van der Waals surface area contributed by atoms with Crippen LogP contribution in [0.4, 0.5) is 5.69 Å². The number of hydrogen-bond donors (Lipinski definition) is 1. The SMILES string of the molecule is Cc1nc(-c2cccc(NC(=O)c3cc(S(=O)(=O)N4CCCC4)ccc3C)c2)cs1. The van der Waals surface area contributed by atoms with E-state index in [1.54, 1.807) is 36.5 Å². The van der Waals surface area contributed by atoms with Crippen LogP contribution in [0.25, 0.3) is 11.3 Å². The van der Waals surface area contributed by atoms with Crippen LogP contribution in [0, 0.1) is 13.8 Å². The maximum Gasteiger partial charge on any atom is 0.255 e. The average molecular weight is 442 g/mol. The molecule has 6 nitrogen and oxygen atoms in total. The molecule has 1 amide bonds. The van der Waals surface area contributed by atoms with E-state index in [1.165, 1.54) is 10.4 Å². The summed E-state index contributed by atoms with van der Waals surface area (Å²) in [4.78, 5) is 17.6. The number of carbonyl (C=O) groups is 1. The van der Waals surface area contributed by atoms with Gasteiger partial charge in [-0.25, -0.2) is 13.4 Å². The molecule has 0 radical (unpaired) electrons. The minimum Gasteiger partial charge on any atom is -0.322 e. The largest absolute Gasteiger partial charge is 0.322 e. The number of anilines is 1. The summed E-state index contributed by atoms with van der Waals surface area (Å²) in [7, 11) is -3.58. The van der Waals surface area contributed by atoms with Gasteiger partial charge in [0.1, 0.15) is 0 Å². The molecule has 4 rings (SSSR count). The van der Waals surface area contributed by atoms with Crippen LogP contribution in [0.1, 0.15) is 33.8 Å². The van der Waals surface area contributed by atoms with Gasteiger partial charge < -0.3 is 5.32 Å². The van der Waals surface area contributed by atoms with Crippen molar-refractivity contribution in [2.45, 2.75) is 31.6 Å². The summed E-state index contributed by atoms with van der Waals surface area (Å²) in [6, 6.07) is 12.2. The normalized spacial score (nSPS) is 14.7. The Balaban J connectivity index is 1.59. The van der Waals surface area contributed by atoms with Crippen LogP contribution in [0.5, 0.6) is 0 Å². The molecule has 2 aromatic carbocycles. The lowest BCUT2D eigenvalue weighted by atomic mass is 10.1. The molecule has 1 saturated heterocycles. The fourth-order valence-corrected chi connectivity index (χ4v) is 5.70. The molecule has 0 atom stereocenters. The Bertz CT molecular complexity index is 1200. The van der Waals surface area contributed by atoms with Crippen molar-refractivity contribution in [3.05, 3.63) is 64.0 Å². The second-order valence-electron chi connectivity index (χ2n) is 7.37. The highest BCUT2D eigenvalue weighted by Crippen LogP contribution is 2.26. The molecule has 30 heavy (non-hydrogen) atoms. The first-order valence-electron chi connectivity index (χ1n) is 9.79. The number of sulfonamides is 1. The topological polar surface area (TPSA) is 79.4 Å². The van der Waals surface area contributed by atoms with Gasteiger partial charge in [-0.3, -0.25) is 4.79 Å². The summed E-state index contributed by atoms with van der Waals surface area (Å²) < 4.78 is 27.2. The Morgan fingerprint density at radius 2 is 1.87 bits per heavy atom. The van der Waals surface area contributed by atoms with E-state index in [-0.39, 0.29) is 10.8 Å². The van der Waals surface area contributed by atoms with Gasteiger partial charge >= 0.3 is 0 Å². The van der Waals surface area contributed by atoms with Gasteiger partial charge in [-0.15, -0.1) is 11.3 Å². The Labute approximate surface area is 180 Å². The highest BCUT2D eigenvalue weighted by Gasteiger charge is 2.28. The molecule has 1 N–H and O–H groups in total. The van der Waals surface area contributed by atoms with Gasteiger partial charge in [-0.2, -0.15) is 4.31 Å². The quantitative estimate of drug-likeness (QED) is 0.634. The minimum absolute atomic E-state index is 0.159. The predicted molar refractivity (Wildman–Crippen MR) is 119 cm³/mol. The van der Waals surface area contributed by atoms with Crippen molar-refractivity contribution in [1.82, 2.24) is 9.29 Å². The van der Waals surface area contributed by atoms with Crippen molar-refractivity contribution in [3.8, 4) is 11.3 Å². The van der Waals surface area contributed by atoms with E-state index in [0.29, 0.717) is 24.3 Å². The number of hydrogen-bond acceptors (Lipinski definition) is 5. The third kappa shape index (κ3) is 4.16. The van der Waals surface area contributed by atoms with Crippen LogP contribution in [-0.4, -0.2) is 36.7 Å². The highest BCUT2D eigenvalue weighted by molar-refractivity contribution is 7.89. The van der Waals surface area contributed by atoms with Crippen LogP contribution in [0.15, 0.2) is 52.7 Å². The lowest BCUT2D eigenvalue weighted by Gasteiger charge is -2.17. The van der Waals surface area contributed by atoms with E-state index in [2.05, 4.69) is 10.3 Å². The molecule has 3 aromatic rings. The monoisotopic (exact) mass is 441 g/mol. The maximum atomic E-state index is 13.0. The first-order valence-corrected chi connectivity index (χ1v) is 12.1. The summed E-state index contributed by atoms with van der Waals surface area (Å²) >= 11 is 1.57. The number of aryl methyl sites for hydroxylation is 2. The molecular weight excluding hydrogens is 418 g/mol. The number of carbonyl (C=O) groups excluding carboxylic acids is 1. The van der Waals surface area contributed by atoms with Gasteiger partial charge in [0.05, 0.1) is 15.6 Å². The Morgan fingerprint density at radius 1 is 1.10 bits per heavy atom. The lowest BCUT2D eigenvalue weighted by Crippen LogP contribution is -2.28. The van der Waals surface area contributed by atoms with Crippen molar-refractivity contribution >= 4 is 33.0 Å². The van der Waals surface area contributed by atoms with Crippen LogP contribution < -0.4 is 5.32 Å². The van der Waals surface area contributed by atoms with E-state index >= 15 is 0 Å². The molecule has 1 aliphatic rings. The van der Waals surface area contributed by atoms with Crippen molar-refractivity contribution in [3.63, 3.8) is 0 Å². The molecule has 2 heterocycles. The summed E-state index contributed by atoms with van der Waals surface area (Å²) in [6.07, 6.45) is 1.74. The first-order chi connectivity index (χ1) is 14.3. The Hall–Kier alpha value is -2.55. The van der Waals surface area contributed by atoms with E-state index < -0.39 is 10.0 Å². The summed E-state index contributed by atoms with van der Waals surface area (Å²) in [5.41, 5.74) is 3.49. The van der Waals surface area contributed by atoms with Gasteiger partial charge in [0.15, 0.2) is 0 Å². The number of thiazole rings is 1. The molecule has 0 bridgehead atoms. The zero-order chi connectivity index (χ0) is 21.3. The standard InChI is InChI=1S/C22H23N3O3S2/c1-15-8-9-19(30(27,28)25-10-3-4-11-25)13-20(15)22(26)24-18-7-5-6-17(12-18)21-14-29-16(2)23-21/h5-9,12-14H,3-4,10-11H2,1-2H3,(H,24,26). The summed E-state index contributed by atoms with van der Waals surface area (Å²) in [5.74, 6) is -0.336. The van der Waals surface area contributed by atoms with Crippen LogP contribution in [-0.2, 0) is 10.0 Å². The minimum atomic E-state index is -3.58. The number of benzene rings is 2. The van der Waals surface area contributed by atoms with Crippen molar-refractivity contribution in [2.75, 3.05) is 18.4 Å². The molecule has 8 heteroatoms. The van der Waals surface area contributed by atoms with E-state index in [4.69, 9.17) is 0 Å². The maximum absolute atomic E-state index is 13.0. The van der Waals surface area contributed by atoms with Crippen LogP contribution in [0.3, 0.4) is 0 Å². The molecule has 0 aliphatic carbocycles. The van der Waals surface area contributed by atoms with Crippen molar-refractivity contribution in [1.29, 1.82) is 0 Å². The second kappa shape index (κ2) is 8.29. The lowest BCUT2D eigenvalue weighted by molar-refractivity contribution is 0.102. The fourth-order valence-electron chi connectivity index (χ4n) is 3.53. The smallest absolute Gasteiger partial charge is 0.255 e. The zero-order valence-electron chi connectivity index (χ0n) is 16.9. The van der Waals surface area contributed by atoms with Crippen LogP contribution >= 0.6 is 11.3 Å². The second-order valence-corrected chi connectivity index (χ2v) is 10.4. The highest BCUT2D eigenvalue weighted by atomic mass is 32.2.